The summed E-state index contributed by atoms with van der Waals surface area (Å²) in [6.45, 7) is 2.01. The van der Waals surface area contributed by atoms with Crippen LogP contribution in [0.2, 0.25) is 0 Å². The molecule has 0 N–H and O–H groups in total. The molecule has 0 atom stereocenters. The number of carbonyl (C=O) groups is 1. The SMILES string of the molecule is Cc1cc2nncn2c2c(C=O)cccc12. The highest BCUT2D eigenvalue weighted by molar-refractivity contribution is 5.98. The van der Waals surface area contributed by atoms with Crippen LogP contribution in [0.5, 0.6) is 0 Å². The van der Waals surface area contributed by atoms with Crippen LogP contribution < -0.4 is 0 Å². The Bertz CT molecular complexity index is 700. The molecule has 4 nitrogen and oxygen atoms in total. The third kappa shape index (κ3) is 1.07. The third-order valence-corrected chi connectivity index (χ3v) is 2.78. The number of pyridine rings is 1. The van der Waals surface area contributed by atoms with Crippen LogP contribution in [0.15, 0.2) is 30.6 Å². The van der Waals surface area contributed by atoms with Crippen molar-refractivity contribution in [1.82, 2.24) is 14.6 Å². The van der Waals surface area contributed by atoms with Crippen molar-refractivity contribution in [1.29, 1.82) is 0 Å². The van der Waals surface area contributed by atoms with Crippen molar-refractivity contribution in [3.05, 3.63) is 41.7 Å². The van der Waals surface area contributed by atoms with Gasteiger partial charge in [0.25, 0.3) is 0 Å². The monoisotopic (exact) mass is 211 g/mol. The minimum atomic E-state index is 0.658. The third-order valence-electron chi connectivity index (χ3n) is 2.78. The number of hydrogen-bond acceptors (Lipinski definition) is 3. The molecule has 0 bridgehead atoms. The summed E-state index contributed by atoms with van der Waals surface area (Å²) in [4.78, 5) is 11.0. The van der Waals surface area contributed by atoms with E-state index in [1.807, 2.05) is 29.5 Å². The molecule has 3 rings (SSSR count). The summed E-state index contributed by atoms with van der Waals surface area (Å²) in [7, 11) is 0. The van der Waals surface area contributed by atoms with Gasteiger partial charge >= 0.3 is 0 Å². The van der Waals surface area contributed by atoms with Gasteiger partial charge in [-0.25, -0.2) is 0 Å². The van der Waals surface area contributed by atoms with E-state index in [-0.39, 0.29) is 0 Å². The Morgan fingerprint density at radius 2 is 2.25 bits per heavy atom. The van der Waals surface area contributed by atoms with Crippen molar-refractivity contribution in [3.63, 3.8) is 0 Å². The second-order valence-electron chi connectivity index (χ2n) is 3.75. The maximum Gasteiger partial charge on any atom is 0.161 e. The fourth-order valence-corrected chi connectivity index (χ4v) is 2.03. The fraction of sp³-hybridized carbons (Fsp3) is 0.0833. The maximum absolute atomic E-state index is 11.0. The van der Waals surface area contributed by atoms with Gasteiger partial charge in [-0.15, -0.1) is 10.2 Å². The molecule has 0 aliphatic heterocycles. The van der Waals surface area contributed by atoms with E-state index < -0.39 is 0 Å². The standard InChI is InChI=1S/C12H9N3O/c1-8-5-11-14-13-7-15(11)12-9(6-16)3-2-4-10(8)12/h2-7H,1H3. The van der Waals surface area contributed by atoms with Crippen molar-refractivity contribution in [2.75, 3.05) is 0 Å². The van der Waals surface area contributed by atoms with Crippen molar-refractivity contribution in [2.45, 2.75) is 6.92 Å². The Hall–Kier alpha value is -2.23. The first-order valence-corrected chi connectivity index (χ1v) is 4.98. The summed E-state index contributed by atoms with van der Waals surface area (Å²) in [5.74, 6) is 0. The molecule has 0 aliphatic rings. The molecular weight excluding hydrogens is 202 g/mol. The van der Waals surface area contributed by atoms with Gasteiger partial charge in [-0.1, -0.05) is 12.1 Å². The molecule has 0 spiro atoms. The predicted octanol–water partition coefficient (Wildman–Crippen LogP) is 2.00. The Balaban J connectivity index is 2.67. The smallest absolute Gasteiger partial charge is 0.161 e. The van der Waals surface area contributed by atoms with Crippen LogP contribution in [-0.4, -0.2) is 20.9 Å². The average molecular weight is 211 g/mol. The van der Waals surface area contributed by atoms with Crippen LogP contribution >= 0.6 is 0 Å². The van der Waals surface area contributed by atoms with Gasteiger partial charge in [0.05, 0.1) is 5.52 Å². The van der Waals surface area contributed by atoms with Crippen LogP contribution in [0.25, 0.3) is 16.6 Å². The van der Waals surface area contributed by atoms with Gasteiger partial charge in [-0.2, -0.15) is 0 Å². The van der Waals surface area contributed by atoms with E-state index >= 15 is 0 Å². The lowest BCUT2D eigenvalue weighted by Gasteiger charge is -2.06. The quantitative estimate of drug-likeness (QED) is 0.578. The molecule has 3 aromatic rings. The molecule has 2 aromatic heterocycles. The molecule has 0 radical (unpaired) electrons. The Labute approximate surface area is 91.5 Å². The predicted molar refractivity (Wildman–Crippen MR) is 60.6 cm³/mol. The molecule has 0 saturated carbocycles. The second-order valence-corrected chi connectivity index (χ2v) is 3.75. The summed E-state index contributed by atoms with van der Waals surface area (Å²) in [6.07, 6.45) is 2.49. The van der Waals surface area contributed by atoms with Gasteiger partial charge in [0.1, 0.15) is 6.33 Å². The molecule has 4 heteroatoms. The number of carbonyl (C=O) groups excluding carboxylic acids is 1. The van der Waals surface area contributed by atoms with E-state index in [9.17, 15) is 4.79 Å². The molecular formula is C12H9N3O. The number of aldehydes is 1. The zero-order chi connectivity index (χ0) is 11.1. The Kier molecular flexibility index (Phi) is 1.77. The molecule has 78 valence electrons. The zero-order valence-corrected chi connectivity index (χ0v) is 8.71. The Morgan fingerprint density at radius 1 is 1.38 bits per heavy atom. The lowest BCUT2D eigenvalue weighted by molar-refractivity contribution is 0.112. The van der Waals surface area contributed by atoms with E-state index in [0.717, 1.165) is 28.4 Å². The van der Waals surface area contributed by atoms with Crippen LogP contribution in [0.1, 0.15) is 15.9 Å². The van der Waals surface area contributed by atoms with E-state index in [1.165, 1.54) is 0 Å². The molecule has 0 unspecified atom stereocenters. The Morgan fingerprint density at radius 3 is 3.06 bits per heavy atom. The second kappa shape index (κ2) is 3.13. The van der Waals surface area contributed by atoms with Crippen molar-refractivity contribution in [3.8, 4) is 0 Å². The maximum atomic E-state index is 11.0. The normalized spacial score (nSPS) is 11.1. The molecule has 2 heterocycles. The first-order chi connectivity index (χ1) is 7.81. The lowest BCUT2D eigenvalue weighted by Crippen LogP contribution is -1.94. The van der Waals surface area contributed by atoms with Gasteiger partial charge in [0.2, 0.25) is 0 Å². The van der Waals surface area contributed by atoms with Crippen molar-refractivity contribution >= 4 is 22.8 Å². The van der Waals surface area contributed by atoms with E-state index in [2.05, 4.69) is 10.2 Å². The van der Waals surface area contributed by atoms with Crippen molar-refractivity contribution in [2.24, 2.45) is 0 Å². The average Bonchev–Trinajstić information content (AvgIpc) is 2.76. The summed E-state index contributed by atoms with van der Waals surface area (Å²) >= 11 is 0. The van der Waals surface area contributed by atoms with E-state index in [4.69, 9.17) is 0 Å². The summed E-state index contributed by atoms with van der Waals surface area (Å²) in [5.41, 5.74) is 3.39. The zero-order valence-electron chi connectivity index (χ0n) is 8.71. The minimum absolute atomic E-state index is 0.658. The fourth-order valence-electron chi connectivity index (χ4n) is 2.03. The molecule has 1 aromatic carbocycles. The summed E-state index contributed by atoms with van der Waals surface area (Å²) in [6, 6.07) is 7.64. The number of benzene rings is 1. The lowest BCUT2D eigenvalue weighted by atomic mass is 10.1. The van der Waals surface area contributed by atoms with Gasteiger partial charge in [0.15, 0.2) is 11.9 Å². The topological polar surface area (TPSA) is 47.3 Å². The number of aryl methyl sites for hydroxylation is 1. The molecule has 0 aliphatic carbocycles. The number of hydrogen-bond donors (Lipinski definition) is 0. The van der Waals surface area contributed by atoms with E-state index in [0.29, 0.717) is 5.56 Å². The molecule has 0 saturated heterocycles. The van der Waals surface area contributed by atoms with Gasteiger partial charge in [0, 0.05) is 10.9 Å². The molecule has 16 heavy (non-hydrogen) atoms. The first-order valence-electron chi connectivity index (χ1n) is 4.98. The highest BCUT2D eigenvalue weighted by atomic mass is 16.1. The van der Waals surface area contributed by atoms with Crippen LogP contribution in [0, 0.1) is 6.92 Å². The number of fused-ring (bicyclic) bond motifs is 3. The summed E-state index contributed by atoms with van der Waals surface area (Å²) < 4.78 is 1.84. The highest BCUT2D eigenvalue weighted by Gasteiger charge is 2.08. The van der Waals surface area contributed by atoms with E-state index in [1.54, 1.807) is 12.4 Å². The van der Waals surface area contributed by atoms with Gasteiger partial charge in [-0.05, 0) is 24.6 Å². The number of para-hydroxylation sites is 1. The van der Waals surface area contributed by atoms with Gasteiger partial charge < -0.3 is 0 Å². The van der Waals surface area contributed by atoms with Crippen LogP contribution in [0.4, 0.5) is 0 Å². The van der Waals surface area contributed by atoms with Crippen molar-refractivity contribution < 1.29 is 4.79 Å². The minimum Gasteiger partial charge on any atom is -0.298 e. The summed E-state index contributed by atoms with van der Waals surface area (Å²) in [5, 5.41) is 8.92. The van der Waals surface area contributed by atoms with Gasteiger partial charge in [-0.3, -0.25) is 9.20 Å². The first kappa shape index (κ1) is 9.03. The highest BCUT2D eigenvalue weighted by Crippen LogP contribution is 2.22. The number of nitrogens with zero attached hydrogens (tertiary/aromatic N) is 3. The number of aromatic nitrogens is 3. The number of rotatable bonds is 1. The van der Waals surface area contributed by atoms with Crippen LogP contribution in [-0.2, 0) is 0 Å². The van der Waals surface area contributed by atoms with Crippen LogP contribution in [0.3, 0.4) is 0 Å². The largest absolute Gasteiger partial charge is 0.298 e. The molecule has 0 amide bonds. The molecule has 0 fully saturated rings.